The molecule has 0 aliphatic carbocycles. The lowest BCUT2D eigenvalue weighted by Gasteiger charge is -2.43. The molecule has 1 saturated heterocycles. The zero-order valence-electron chi connectivity index (χ0n) is 11.9. The largest absolute Gasteiger partial charge is 0.350 e. The maximum absolute atomic E-state index is 10.7. The van der Waals surface area contributed by atoms with E-state index in [0.29, 0.717) is 22.8 Å². The van der Waals surface area contributed by atoms with E-state index < -0.39 is 4.92 Å². The van der Waals surface area contributed by atoms with Gasteiger partial charge in [-0.2, -0.15) is 0 Å². The molecule has 0 aromatic carbocycles. The van der Waals surface area contributed by atoms with Gasteiger partial charge in [-0.3, -0.25) is 10.1 Å². The number of piperazine rings is 1. The molecule has 2 heterocycles. The Kier molecular flexibility index (Phi) is 4.45. The third kappa shape index (κ3) is 3.02. The van der Waals surface area contributed by atoms with Gasteiger partial charge >= 0.3 is 0 Å². The average Bonchev–Trinajstić information content (AvgIpc) is 2.38. The van der Waals surface area contributed by atoms with Crippen LogP contribution in [0.5, 0.6) is 0 Å². The second kappa shape index (κ2) is 5.93. The molecule has 1 unspecified atom stereocenters. The highest BCUT2D eigenvalue weighted by atomic mass is 35.5. The summed E-state index contributed by atoms with van der Waals surface area (Å²) in [6.07, 6.45) is 1.27. The number of pyridine rings is 1. The van der Waals surface area contributed by atoms with Crippen molar-refractivity contribution in [3.05, 3.63) is 27.4 Å². The number of halogens is 1. The average molecular weight is 299 g/mol. The topological polar surface area (TPSA) is 62.5 Å². The molecule has 0 radical (unpaired) electrons. The van der Waals surface area contributed by atoms with E-state index in [1.165, 1.54) is 12.3 Å². The van der Waals surface area contributed by atoms with E-state index >= 15 is 0 Å². The number of hydrogen-bond acceptors (Lipinski definition) is 5. The van der Waals surface area contributed by atoms with Crippen molar-refractivity contribution >= 4 is 23.1 Å². The molecule has 1 aromatic heterocycles. The monoisotopic (exact) mass is 298 g/mol. The minimum Gasteiger partial charge on any atom is -0.350 e. The van der Waals surface area contributed by atoms with Gasteiger partial charge in [0, 0.05) is 31.7 Å². The van der Waals surface area contributed by atoms with Gasteiger partial charge in [-0.15, -0.1) is 0 Å². The summed E-state index contributed by atoms with van der Waals surface area (Å²) in [4.78, 5) is 18.9. The van der Waals surface area contributed by atoms with Crippen molar-refractivity contribution in [1.82, 2.24) is 9.88 Å². The van der Waals surface area contributed by atoms with E-state index in [9.17, 15) is 10.1 Å². The Labute approximate surface area is 123 Å². The van der Waals surface area contributed by atoms with Crippen LogP contribution in [0.1, 0.15) is 13.8 Å². The minimum atomic E-state index is -0.480. The Hall–Kier alpha value is -1.40. The minimum absolute atomic E-state index is 0.0750. The molecule has 1 fully saturated rings. The Bertz CT molecular complexity index is 509. The van der Waals surface area contributed by atoms with Crippen LogP contribution in [0.2, 0.25) is 5.02 Å². The third-order valence-electron chi connectivity index (χ3n) is 3.68. The van der Waals surface area contributed by atoms with Gasteiger partial charge in [-0.25, -0.2) is 4.98 Å². The maximum atomic E-state index is 10.7. The van der Waals surface area contributed by atoms with E-state index in [1.807, 2.05) is 0 Å². The number of nitrogens with zero attached hydrogens (tertiary/aromatic N) is 4. The quantitative estimate of drug-likeness (QED) is 0.633. The van der Waals surface area contributed by atoms with Crippen LogP contribution in [-0.4, -0.2) is 47.5 Å². The van der Waals surface area contributed by atoms with E-state index in [2.05, 4.69) is 35.7 Å². The SMILES string of the molecule is CC(C)C1CN(C)CCN1c1ncc([N+](=O)[O-])cc1Cl. The van der Waals surface area contributed by atoms with Crippen molar-refractivity contribution in [2.45, 2.75) is 19.9 Å². The normalized spacial score (nSPS) is 20.4. The summed E-state index contributed by atoms with van der Waals surface area (Å²) >= 11 is 6.19. The van der Waals surface area contributed by atoms with Crippen molar-refractivity contribution in [2.24, 2.45) is 5.92 Å². The van der Waals surface area contributed by atoms with Crippen LogP contribution >= 0.6 is 11.6 Å². The van der Waals surface area contributed by atoms with Gasteiger partial charge in [-0.05, 0) is 13.0 Å². The van der Waals surface area contributed by atoms with E-state index in [1.54, 1.807) is 0 Å². The van der Waals surface area contributed by atoms with Crippen molar-refractivity contribution in [2.75, 3.05) is 31.6 Å². The first-order valence-electron chi connectivity index (χ1n) is 6.65. The number of rotatable bonds is 3. The van der Waals surface area contributed by atoms with Crippen molar-refractivity contribution in [1.29, 1.82) is 0 Å². The van der Waals surface area contributed by atoms with Crippen molar-refractivity contribution in [3.8, 4) is 0 Å². The molecule has 1 aromatic rings. The fourth-order valence-corrected chi connectivity index (χ4v) is 2.79. The zero-order chi connectivity index (χ0) is 14.9. The summed E-state index contributed by atoms with van der Waals surface area (Å²) in [6, 6.07) is 1.68. The molecule has 6 nitrogen and oxygen atoms in total. The Morgan fingerprint density at radius 2 is 2.20 bits per heavy atom. The van der Waals surface area contributed by atoms with Crippen LogP contribution < -0.4 is 4.90 Å². The maximum Gasteiger partial charge on any atom is 0.289 e. The number of likely N-dealkylation sites (N-methyl/N-ethyl adjacent to an activating group) is 1. The Morgan fingerprint density at radius 1 is 1.50 bits per heavy atom. The smallest absolute Gasteiger partial charge is 0.289 e. The first-order chi connectivity index (χ1) is 9.40. The second-order valence-corrected chi connectivity index (χ2v) is 5.93. The number of hydrogen-bond donors (Lipinski definition) is 0. The van der Waals surface area contributed by atoms with Crippen LogP contribution in [0, 0.1) is 16.0 Å². The molecular weight excluding hydrogens is 280 g/mol. The second-order valence-electron chi connectivity index (χ2n) is 5.52. The molecule has 0 amide bonds. The molecule has 0 saturated carbocycles. The molecule has 7 heteroatoms. The highest BCUT2D eigenvalue weighted by Crippen LogP contribution is 2.31. The van der Waals surface area contributed by atoms with Crippen LogP contribution in [0.15, 0.2) is 12.3 Å². The first-order valence-corrected chi connectivity index (χ1v) is 7.03. The molecule has 1 atom stereocenters. The molecule has 20 heavy (non-hydrogen) atoms. The fraction of sp³-hybridized carbons (Fsp3) is 0.615. The predicted octanol–water partition coefficient (Wildman–Crippen LogP) is 2.42. The number of anilines is 1. The van der Waals surface area contributed by atoms with Crippen molar-refractivity contribution < 1.29 is 4.92 Å². The van der Waals surface area contributed by atoms with E-state index in [0.717, 1.165) is 19.6 Å². The summed E-state index contributed by atoms with van der Waals surface area (Å²) < 4.78 is 0. The molecule has 1 aliphatic rings. The van der Waals surface area contributed by atoms with E-state index in [-0.39, 0.29) is 5.69 Å². The van der Waals surface area contributed by atoms with Crippen LogP contribution in [0.3, 0.4) is 0 Å². The fourth-order valence-electron chi connectivity index (χ4n) is 2.52. The van der Waals surface area contributed by atoms with E-state index in [4.69, 9.17) is 11.6 Å². The lowest BCUT2D eigenvalue weighted by Crippen LogP contribution is -2.54. The third-order valence-corrected chi connectivity index (χ3v) is 3.96. The molecule has 1 aliphatic heterocycles. The summed E-state index contributed by atoms with van der Waals surface area (Å²) in [5.74, 6) is 1.09. The number of aromatic nitrogens is 1. The van der Waals surface area contributed by atoms with Crippen LogP contribution in [0.4, 0.5) is 11.5 Å². The van der Waals surface area contributed by atoms with Gasteiger partial charge in [0.15, 0.2) is 0 Å². The summed E-state index contributed by atoms with van der Waals surface area (Å²) in [5, 5.41) is 11.1. The highest BCUT2D eigenvalue weighted by molar-refractivity contribution is 6.33. The summed E-state index contributed by atoms with van der Waals surface area (Å²) in [6.45, 7) is 7.01. The molecular formula is C13H19ClN4O2. The number of nitro groups is 1. The van der Waals surface area contributed by atoms with Gasteiger partial charge in [-0.1, -0.05) is 25.4 Å². The molecule has 0 N–H and O–H groups in total. The standard InChI is InChI=1S/C13H19ClN4O2/c1-9(2)12-8-16(3)4-5-17(12)13-11(14)6-10(7-15-13)18(19)20/h6-7,9,12H,4-5,8H2,1-3H3. The van der Waals surface area contributed by atoms with Crippen LogP contribution in [0.25, 0.3) is 0 Å². The van der Waals surface area contributed by atoms with Gasteiger partial charge in [0.2, 0.25) is 0 Å². The summed E-state index contributed by atoms with van der Waals surface area (Å²) in [5.41, 5.74) is -0.0750. The first kappa shape index (κ1) is 15.0. The van der Waals surface area contributed by atoms with Gasteiger partial charge in [0.25, 0.3) is 5.69 Å². The molecule has 110 valence electrons. The zero-order valence-corrected chi connectivity index (χ0v) is 12.7. The van der Waals surface area contributed by atoms with Gasteiger partial charge < -0.3 is 9.80 Å². The van der Waals surface area contributed by atoms with Gasteiger partial charge in [0.1, 0.15) is 12.0 Å². The van der Waals surface area contributed by atoms with Crippen LogP contribution in [-0.2, 0) is 0 Å². The lowest BCUT2D eigenvalue weighted by molar-refractivity contribution is -0.385. The van der Waals surface area contributed by atoms with Crippen molar-refractivity contribution in [3.63, 3.8) is 0 Å². The van der Waals surface area contributed by atoms with Gasteiger partial charge in [0.05, 0.1) is 9.95 Å². The highest BCUT2D eigenvalue weighted by Gasteiger charge is 2.30. The lowest BCUT2D eigenvalue weighted by atomic mass is 10.00. The molecule has 0 spiro atoms. The predicted molar refractivity (Wildman–Crippen MR) is 79.4 cm³/mol. The molecule has 2 rings (SSSR count). The Morgan fingerprint density at radius 3 is 2.75 bits per heavy atom. The Balaban J connectivity index is 2.31. The summed E-state index contributed by atoms with van der Waals surface area (Å²) in [7, 11) is 2.09. The molecule has 0 bridgehead atoms.